The smallest absolute Gasteiger partial charge is 0.336 e. The van der Waals surface area contributed by atoms with Gasteiger partial charge >= 0.3 is 5.97 Å². The van der Waals surface area contributed by atoms with Gasteiger partial charge in [0, 0.05) is 12.6 Å². The number of methoxy groups -OCH3 is 1. The third-order valence-electron chi connectivity index (χ3n) is 4.66. The molecule has 0 radical (unpaired) electrons. The summed E-state index contributed by atoms with van der Waals surface area (Å²) in [6.07, 6.45) is 3.77. The second-order valence-electron chi connectivity index (χ2n) is 7.25. The van der Waals surface area contributed by atoms with E-state index in [4.69, 9.17) is 9.16 Å². The lowest BCUT2D eigenvalue weighted by Gasteiger charge is -2.44. The van der Waals surface area contributed by atoms with Gasteiger partial charge in [-0.15, -0.1) is 0 Å². The Bertz CT molecular complexity index is 394. The van der Waals surface area contributed by atoms with E-state index in [2.05, 4.69) is 51.3 Å². The molecule has 0 unspecified atom stereocenters. The first-order chi connectivity index (χ1) is 9.60. The minimum atomic E-state index is -1.98. The number of hydrogen-bond acceptors (Lipinski definition) is 5. The molecule has 1 aliphatic heterocycles. The number of hydrazone groups is 1. The molecule has 0 spiro atoms. The highest BCUT2D eigenvalue weighted by molar-refractivity contribution is 6.74. The van der Waals surface area contributed by atoms with Gasteiger partial charge < -0.3 is 9.16 Å². The van der Waals surface area contributed by atoms with Gasteiger partial charge in [0.15, 0.2) is 13.9 Å². The van der Waals surface area contributed by atoms with Crippen LogP contribution in [0.4, 0.5) is 0 Å². The first-order valence-electron chi connectivity index (χ1n) is 7.65. The van der Waals surface area contributed by atoms with E-state index in [1.165, 1.54) is 7.11 Å². The van der Waals surface area contributed by atoms with Gasteiger partial charge in [-0.3, -0.25) is 5.43 Å². The fraction of sp³-hybridized carbons (Fsp3) is 0.867. The van der Waals surface area contributed by atoms with Crippen LogP contribution < -0.4 is 5.43 Å². The van der Waals surface area contributed by atoms with Crippen LogP contribution in [0, 0.1) is 0 Å². The van der Waals surface area contributed by atoms with Crippen LogP contribution in [0.3, 0.4) is 0 Å². The summed E-state index contributed by atoms with van der Waals surface area (Å²) < 4.78 is 11.6. The van der Waals surface area contributed by atoms with Crippen molar-refractivity contribution < 1.29 is 14.0 Å². The second-order valence-corrected chi connectivity index (χ2v) is 12.0. The Kier molecular flexibility index (Phi) is 5.61. The molecule has 6 heteroatoms. The monoisotopic (exact) mass is 314 g/mol. The van der Waals surface area contributed by atoms with E-state index < -0.39 is 13.9 Å². The predicted molar refractivity (Wildman–Crippen MR) is 88.0 cm³/mol. The summed E-state index contributed by atoms with van der Waals surface area (Å²) >= 11 is 0. The Balaban J connectivity index is 3.07. The molecule has 0 fully saturated rings. The molecule has 21 heavy (non-hydrogen) atoms. The van der Waals surface area contributed by atoms with Crippen LogP contribution in [0.1, 0.15) is 47.0 Å². The fourth-order valence-corrected chi connectivity index (χ4v) is 3.63. The van der Waals surface area contributed by atoms with Crippen LogP contribution in [0.2, 0.25) is 18.1 Å². The molecule has 1 N–H and O–H groups in total. The van der Waals surface area contributed by atoms with Crippen LogP contribution in [0.15, 0.2) is 5.10 Å². The van der Waals surface area contributed by atoms with Crippen LogP contribution in [-0.2, 0) is 14.0 Å². The molecule has 0 bridgehead atoms. The van der Waals surface area contributed by atoms with Crippen LogP contribution >= 0.6 is 0 Å². The molecule has 5 nitrogen and oxygen atoms in total. The van der Waals surface area contributed by atoms with E-state index >= 15 is 0 Å². The summed E-state index contributed by atoms with van der Waals surface area (Å²) in [5.41, 5.74) is 2.10. The maximum absolute atomic E-state index is 12.4. The van der Waals surface area contributed by atoms with Gasteiger partial charge in [-0.05, 0) is 24.6 Å². The average molecular weight is 315 g/mol. The molecule has 0 aliphatic carbocycles. The zero-order valence-electron chi connectivity index (χ0n) is 14.4. The third-order valence-corrected chi connectivity index (χ3v) is 9.15. The maximum atomic E-state index is 12.4. The van der Waals surface area contributed by atoms with Crippen molar-refractivity contribution in [2.24, 2.45) is 5.10 Å². The third kappa shape index (κ3) is 3.66. The van der Waals surface area contributed by atoms with Gasteiger partial charge in [-0.2, -0.15) is 5.10 Å². The molecule has 0 saturated heterocycles. The number of carbonyl (C=O) groups excluding carboxylic acids is 1. The molecular formula is C15H30N2O3Si. The molecule has 0 amide bonds. The normalized spacial score (nSPS) is 23.8. The summed E-state index contributed by atoms with van der Waals surface area (Å²) in [6, 6.07) is 0. The Morgan fingerprint density at radius 3 is 2.48 bits per heavy atom. The van der Waals surface area contributed by atoms with Crippen LogP contribution in [-0.4, -0.2) is 39.3 Å². The number of nitrogens with zero attached hydrogens (tertiary/aromatic N) is 1. The summed E-state index contributed by atoms with van der Waals surface area (Å²) in [5, 5.41) is 4.15. The van der Waals surface area contributed by atoms with Crippen LogP contribution in [0.25, 0.3) is 0 Å². The summed E-state index contributed by atoms with van der Waals surface area (Å²) in [5.74, 6) is -0.294. The first-order valence-corrected chi connectivity index (χ1v) is 10.6. The number of nitrogens with one attached hydrogen (secondary N) is 1. The zero-order valence-corrected chi connectivity index (χ0v) is 15.4. The molecule has 1 aliphatic rings. The van der Waals surface area contributed by atoms with Gasteiger partial charge in [0.1, 0.15) is 0 Å². The number of rotatable bonds is 6. The van der Waals surface area contributed by atoms with E-state index in [0.717, 1.165) is 12.8 Å². The van der Waals surface area contributed by atoms with Crippen molar-refractivity contribution in [3.05, 3.63) is 0 Å². The van der Waals surface area contributed by atoms with Crippen molar-refractivity contribution in [3.8, 4) is 0 Å². The number of hydrogen-bond donors (Lipinski definition) is 1. The van der Waals surface area contributed by atoms with Crippen molar-refractivity contribution in [3.63, 3.8) is 0 Å². The molecule has 0 saturated carbocycles. The minimum absolute atomic E-state index is 0.0930. The van der Waals surface area contributed by atoms with Gasteiger partial charge in [0.05, 0.1) is 13.2 Å². The number of carbonyl (C=O) groups is 1. The van der Waals surface area contributed by atoms with Gasteiger partial charge in [0.25, 0.3) is 0 Å². The van der Waals surface area contributed by atoms with Crippen molar-refractivity contribution in [2.45, 2.75) is 76.7 Å². The highest BCUT2D eigenvalue weighted by Gasteiger charge is 2.52. The topological polar surface area (TPSA) is 59.9 Å². The Labute approximate surface area is 129 Å². The van der Waals surface area contributed by atoms with Crippen molar-refractivity contribution >= 4 is 20.5 Å². The van der Waals surface area contributed by atoms with Crippen LogP contribution in [0.5, 0.6) is 0 Å². The lowest BCUT2D eigenvalue weighted by atomic mass is 9.88. The first kappa shape index (κ1) is 18.2. The molecule has 122 valence electrons. The number of ether oxygens (including phenoxy) is 1. The number of esters is 1. The van der Waals surface area contributed by atoms with E-state index in [0.29, 0.717) is 6.42 Å². The molecule has 2 atom stereocenters. The SMILES string of the molecule is CCC[C@@H](O[Si](C)(C)C(C)(C)C)[C@]1(C(=O)OC)CC=NN1. The molecule has 1 rings (SSSR count). The van der Waals surface area contributed by atoms with E-state index in [1.807, 2.05) is 0 Å². The summed E-state index contributed by atoms with van der Waals surface area (Å²) in [7, 11) is -0.566. The minimum Gasteiger partial charge on any atom is -0.467 e. The molecule has 0 aromatic carbocycles. The van der Waals surface area contributed by atoms with Gasteiger partial charge in [0.2, 0.25) is 0 Å². The highest BCUT2D eigenvalue weighted by Crippen LogP contribution is 2.40. The second kappa shape index (κ2) is 6.48. The Hall–Kier alpha value is -0.883. The standard InChI is InChI=1S/C15H30N2O3Si/c1-8-9-12(20-21(6,7)14(2,3)4)15(13(18)19-5)10-11-16-17-15/h11-12,17H,8-10H2,1-7H3/t12-,15+/m1/s1. The largest absolute Gasteiger partial charge is 0.467 e. The lowest BCUT2D eigenvalue weighted by molar-refractivity contribution is -0.152. The zero-order chi connectivity index (χ0) is 16.3. The van der Waals surface area contributed by atoms with E-state index in [-0.39, 0.29) is 17.1 Å². The van der Waals surface area contributed by atoms with Crippen molar-refractivity contribution in [1.29, 1.82) is 0 Å². The Morgan fingerprint density at radius 2 is 2.10 bits per heavy atom. The van der Waals surface area contributed by atoms with Gasteiger partial charge in [-0.1, -0.05) is 34.1 Å². The van der Waals surface area contributed by atoms with E-state index in [1.54, 1.807) is 6.21 Å². The molecular weight excluding hydrogens is 284 g/mol. The van der Waals surface area contributed by atoms with E-state index in [9.17, 15) is 4.79 Å². The summed E-state index contributed by atoms with van der Waals surface area (Å²) in [4.78, 5) is 12.4. The molecule has 0 aromatic rings. The quantitative estimate of drug-likeness (QED) is 0.604. The van der Waals surface area contributed by atoms with Crippen molar-refractivity contribution in [1.82, 2.24) is 5.43 Å². The maximum Gasteiger partial charge on any atom is 0.336 e. The molecule has 1 heterocycles. The highest BCUT2D eigenvalue weighted by atomic mass is 28.4. The van der Waals surface area contributed by atoms with Gasteiger partial charge in [-0.25, -0.2) is 4.79 Å². The lowest BCUT2D eigenvalue weighted by Crippen LogP contribution is -2.61. The van der Waals surface area contributed by atoms with Crippen molar-refractivity contribution in [2.75, 3.05) is 7.11 Å². The Morgan fingerprint density at radius 1 is 1.48 bits per heavy atom. The predicted octanol–water partition coefficient (Wildman–Crippen LogP) is 3.07. The summed E-state index contributed by atoms with van der Waals surface area (Å²) in [6.45, 7) is 13.1. The fourth-order valence-electron chi connectivity index (χ4n) is 2.24. The molecule has 0 aromatic heterocycles. The average Bonchev–Trinajstić information content (AvgIpc) is 2.86.